The number of thioether (sulfide) groups is 1. The van der Waals surface area contributed by atoms with Crippen LogP contribution in [0.5, 0.6) is 0 Å². The van der Waals surface area contributed by atoms with Crippen LogP contribution in [0.25, 0.3) is 0 Å². The van der Waals surface area contributed by atoms with E-state index in [4.69, 9.17) is 0 Å². The van der Waals surface area contributed by atoms with Gasteiger partial charge in [-0.3, -0.25) is 9.52 Å². The number of halogens is 1. The standard InChI is InChI=1S/C17H17BrN2O3S2/c1-10-3-5-14(13(18)7-10)20-25(22,23)12-4-6-16-15(9-12)19-17(21)8-11(2)24-16/h3-7,9,11,20H,8H2,1-2H3,(H,19,21)/t11-/m1/s1. The fourth-order valence-electron chi connectivity index (χ4n) is 2.50. The average Bonchev–Trinajstić information content (AvgIpc) is 2.65. The number of anilines is 2. The van der Waals surface area contributed by atoms with Crippen LogP contribution < -0.4 is 10.0 Å². The molecule has 1 aliphatic heterocycles. The highest BCUT2D eigenvalue weighted by Gasteiger charge is 2.22. The van der Waals surface area contributed by atoms with Gasteiger partial charge in [0.2, 0.25) is 5.91 Å². The first-order valence-electron chi connectivity index (χ1n) is 7.64. The molecule has 0 saturated heterocycles. The summed E-state index contributed by atoms with van der Waals surface area (Å²) in [4.78, 5) is 12.9. The maximum Gasteiger partial charge on any atom is 0.262 e. The van der Waals surface area contributed by atoms with Crippen LogP contribution in [0.1, 0.15) is 18.9 Å². The van der Waals surface area contributed by atoms with Crippen molar-refractivity contribution in [1.29, 1.82) is 0 Å². The van der Waals surface area contributed by atoms with Crippen molar-refractivity contribution in [2.75, 3.05) is 10.0 Å². The number of amides is 1. The molecule has 2 aromatic rings. The van der Waals surface area contributed by atoms with Gasteiger partial charge in [-0.15, -0.1) is 11.8 Å². The van der Waals surface area contributed by atoms with Crippen molar-refractivity contribution in [3.63, 3.8) is 0 Å². The van der Waals surface area contributed by atoms with E-state index in [1.165, 1.54) is 6.07 Å². The van der Waals surface area contributed by atoms with Crippen molar-refractivity contribution < 1.29 is 13.2 Å². The van der Waals surface area contributed by atoms with E-state index in [1.807, 2.05) is 26.0 Å². The smallest absolute Gasteiger partial charge is 0.262 e. The summed E-state index contributed by atoms with van der Waals surface area (Å²) in [5, 5.41) is 2.93. The molecule has 25 heavy (non-hydrogen) atoms. The minimum Gasteiger partial charge on any atom is -0.325 e. The molecule has 2 aromatic carbocycles. The minimum absolute atomic E-state index is 0.106. The third kappa shape index (κ3) is 4.19. The van der Waals surface area contributed by atoms with E-state index >= 15 is 0 Å². The number of hydrogen-bond acceptors (Lipinski definition) is 4. The van der Waals surface area contributed by atoms with Gasteiger partial charge >= 0.3 is 0 Å². The second-order valence-electron chi connectivity index (χ2n) is 5.93. The fraction of sp³-hybridized carbons (Fsp3) is 0.235. The van der Waals surface area contributed by atoms with E-state index < -0.39 is 10.0 Å². The van der Waals surface area contributed by atoms with Crippen LogP contribution in [-0.4, -0.2) is 19.6 Å². The maximum absolute atomic E-state index is 12.7. The molecule has 1 aliphatic rings. The van der Waals surface area contributed by atoms with Crippen molar-refractivity contribution in [3.05, 3.63) is 46.4 Å². The van der Waals surface area contributed by atoms with Gasteiger partial charge in [-0.05, 0) is 58.7 Å². The Morgan fingerprint density at radius 1 is 1.24 bits per heavy atom. The van der Waals surface area contributed by atoms with Gasteiger partial charge in [-0.1, -0.05) is 13.0 Å². The van der Waals surface area contributed by atoms with Gasteiger partial charge in [0.1, 0.15) is 0 Å². The molecule has 1 amide bonds. The summed E-state index contributed by atoms with van der Waals surface area (Å²) < 4.78 is 28.7. The lowest BCUT2D eigenvalue weighted by atomic mass is 10.2. The van der Waals surface area contributed by atoms with Crippen LogP contribution in [-0.2, 0) is 14.8 Å². The Morgan fingerprint density at radius 3 is 2.72 bits per heavy atom. The molecular weight excluding hydrogens is 424 g/mol. The van der Waals surface area contributed by atoms with E-state index in [0.717, 1.165) is 10.5 Å². The zero-order valence-electron chi connectivity index (χ0n) is 13.7. The molecule has 0 saturated carbocycles. The zero-order valence-corrected chi connectivity index (χ0v) is 16.9. The third-order valence-corrected chi connectivity index (χ3v) is 6.90. The molecule has 5 nitrogen and oxygen atoms in total. The van der Waals surface area contributed by atoms with E-state index in [0.29, 0.717) is 22.3 Å². The second kappa shape index (κ2) is 7.01. The molecule has 0 aliphatic carbocycles. The highest BCUT2D eigenvalue weighted by molar-refractivity contribution is 9.10. The molecule has 0 aromatic heterocycles. The molecule has 1 heterocycles. The van der Waals surface area contributed by atoms with Crippen LogP contribution in [0.2, 0.25) is 0 Å². The van der Waals surface area contributed by atoms with Gasteiger partial charge < -0.3 is 5.32 Å². The van der Waals surface area contributed by atoms with E-state index in [-0.39, 0.29) is 16.1 Å². The fourth-order valence-corrected chi connectivity index (χ4v) is 5.38. The first kappa shape index (κ1) is 18.3. The molecular formula is C17H17BrN2O3S2. The van der Waals surface area contributed by atoms with Crippen molar-refractivity contribution >= 4 is 55.0 Å². The van der Waals surface area contributed by atoms with Gasteiger partial charge in [-0.2, -0.15) is 0 Å². The molecule has 2 N–H and O–H groups in total. The van der Waals surface area contributed by atoms with E-state index in [9.17, 15) is 13.2 Å². The lowest BCUT2D eigenvalue weighted by Crippen LogP contribution is -2.15. The Bertz CT molecular complexity index is 945. The van der Waals surface area contributed by atoms with Crippen LogP contribution in [0.3, 0.4) is 0 Å². The summed E-state index contributed by atoms with van der Waals surface area (Å²) in [7, 11) is -3.77. The van der Waals surface area contributed by atoms with Crippen molar-refractivity contribution in [2.45, 2.75) is 35.3 Å². The molecule has 0 spiro atoms. The first-order valence-corrected chi connectivity index (χ1v) is 10.8. The number of carbonyl (C=O) groups is 1. The summed E-state index contributed by atoms with van der Waals surface area (Å²) in [5.41, 5.74) is 2.02. The van der Waals surface area contributed by atoms with Gasteiger partial charge in [-0.25, -0.2) is 8.42 Å². The number of aryl methyl sites for hydroxylation is 1. The van der Waals surface area contributed by atoms with Crippen molar-refractivity contribution in [3.8, 4) is 0 Å². The SMILES string of the molecule is Cc1ccc(NS(=O)(=O)c2ccc3c(c2)NC(=O)C[C@@H](C)S3)c(Br)c1. The molecule has 0 radical (unpaired) electrons. The first-order chi connectivity index (χ1) is 11.7. The van der Waals surface area contributed by atoms with Gasteiger partial charge in [0, 0.05) is 21.0 Å². The Hall–Kier alpha value is -1.51. The predicted molar refractivity (Wildman–Crippen MR) is 105 cm³/mol. The third-order valence-electron chi connectivity index (χ3n) is 3.71. The summed E-state index contributed by atoms with van der Waals surface area (Å²) in [6.45, 7) is 3.90. The minimum atomic E-state index is -3.77. The van der Waals surface area contributed by atoms with Crippen LogP contribution in [0.4, 0.5) is 11.4 Å². The van der Waals surface area contributed by atoms with Crippen molar-refractivity contribution in [2.24, 2.45) is 0 Å². The summed E-state index contributed by atoms with van der Waals surface area (Å²) in [6.07, 6.45) is 0.399. The number of nitrogens with one attached hydrogen (secondary N) is 2. The predicted octanol–water partition coefficient (Wildman–Crippen LogP) is 4.38. The maximum atomic E-state index is 12.7. The number of benzene rings is 2. The molecule has 0 fully saturated rings. The topological polar surface area (TPSA) is 75.3 Å². The van der Waals surface area contributed by atoms with Crippen LogP contribution in [0, 0.1) is 6.92 Å². The summed E-state index contributed by atoms with van der Waals surface area (Å²) >= 11 is 4.93. The van der Waals surface area contributed by atoms with Gasteiger partial charge in [0.15, 0.2) is 0 Å². The number of carbonyl (C=O) groups excluding carboxylic acids is 1. The quantitative estimate of drug-likeness (QED) is 0.742. The molecule has 132 valence electrons. The summed E-state index contributed by atoms with van der Waals surface area (Å²) in [5.74, 6) is -0.109. The Morgan fingerprint density at radius 2 is 2.00 bits per heavy atom. The molecule has 1 atom stereocenters. The number of fused-ring (bicyclic) bond motifs is 1. The number of sulfonamides is 1. The highest BCUT2D eigenvalue weighted by atomic mass is 79.9. The Labute approximate surface area is 159 Å². The lowest BCUT2D eigenvalue weighted by molar-refractivity contribution is -0.116. The second-order valence-corrected chi connectivity index (χ2v) is 9.94. The highest BCUT2D eigenvalue weighted by Crippen LogP contribution is 2.36. The zero-order chi connectivity index (χ0) is 18.2. The Balaban J connectivity index is 1.94. The number of rotatable bonds is 3. The van der Waals surface area contributed by atoms with E-state index in [1.54, 1.807) is 30.0 Å². The molecule has 0 bridgehead atoms. The van der Waals surface area contributed by atoms with Crippen LogP contribution in [0.15, 0.2) is 50.7 Å². The molecule has 0 unspecified atom stereocenters. The molecule has 8 heteroatoms. The van der Waals surface area contributed by atoms with Gasteiger partial charge in [0.25, 0.3) is 10.0 Å². The normalized spacial score (nSPS) is 17.4. The monoisotopic (exact) mass is 440 g/mol. The Kier molecular flexibility index (Phi) is 5.13. The van der Waals surface area contributed by atoms with Gasteiger partial charge in [0.05, 0.1) is 16.3 Å². The summed E-state index contributed by atoms with van der Waals surface area (Å²) in [6, 6.07) is 10.2. The average molecular weight is 441 g/mol. The largest absolute Gasteiger partial charge is 0.325 e. The van der Waals surface area contributed by atoms with Crippen molar-refractivity contribution in [1.82, 2.24) is 0 Å². The molecule has 3 rings (SSSR count). The number of hydrogen-bond donors (Lipinski definition) is 2. The van der Waals surface area contributed by atoms with Crippen LogP contribution >= 0.6 is 27.7 Å². The van der Waals surface area contributed by atoms with E-state index in [2.05, 4.69) is 26.0 Å². The lowest BCUT2D eigenvalue weighted by Gasteiger charge is -2.13.